The fraction of sp³-hybridized carbons (Fsp3) is 0.200. The monoisotopic (exact) mass is 287 g/mol. The molecule has 4 nitrogen and oxygen atoms in total. The molecular formula is C10H10ClN3OS2. The molecule has 1 aromatic carbocycles. The van der Waals surface area contributed by atoms with E-state index >= 15 is 0 Å². The smallest absolute Gasteiger partial charge is 0.188 e. The van der Waals surface area contributed by atoms with Crippen LogP contribution in [0.25, 0.3) is 10.9 Å². The summed E-state index contributed by atoms with van der Waals surface area (Å²) in [6.07, 6.45) is 3.49. The third-order valence-corrected chi connectivity index (χ3v) is 4.09. The lowest BCUT2D eigenvalue weighted by Gasteiger charge is -1.98. The maximum absolute atomic E-state index is 10.8. The second-order valence-corrected chi connectivity index (χ2v) is 7.57. The van der Waals surface area contributed by atoms with Gasteiger partial charge in [0.05, 0.1) is 10.5 Å². The maximum Gasteiger partial charge on any atom is 0.188 e. The Morgan fingerprint density at radius 3 is 2.88 bits per heavy atom. The number of nitrogens with zero attached hydrogens (tertiary/aromatic N) is 2. The highest BCUT2D eigenvalue weighted by molar-refractivity contribution is 8.01. The van der Waals surface area contributed by atoms with E-state index in [2.05, 4.69) is 27.2 Å². The van der Waals surface area contributed by atoms with Crippen LogP contribution in [0.5, 0.6) is 0 Å². The van der Waals surface area contributed by atoms with Gasteiger partial charge in [-0.3, -0.25) is 5.10 Å². The van der Waals surface area contributed by atoms with Crippen molar-refractivity contribution >= 4 is 55.6 Å². The zero-order valence-electron chi connectivity index (χ0n) is 9.19. The van der Waals surface area contributed by atoms with Crippen molar-refractivity contribution in [3.05, 3.63) is 17.2 Å². The van der Waals surface area contributed by atoms with E-state index in [0.717, 1.165) is 5.39 Å². The molecule has 1 aromatic heterocycles. The van der Waals surface area contributed by atoms with E-state index in [9.17, 15) is 4.79 Å². The molecule has 0 atom stereocenters. The highest BCUT2D eigenvalue weighted by Crippen LogP contribution is 2.32. The van der Waals surface area contributed by atoms with Crippen LogP contribution >= 0.6 is 24.2 Å². The number of aromatic amines is 1. The number of hydrogen-bond donors (Lipinski definition) is 2. The van der Waals surface area contributed by atoms with Crippen LogP contribution in [0.1, 0.15) is 0 Å². The average Bonchev–Trinajstić information content (AvgIpc) is 2.67. The Balaban J connectivity index is 2.80. The molecule has 0 aliphatic heterocycles. The largest absolute Gasteiger partial charge is 0.274 e. The van der Waals surface area contributed by atoms with Gasteiger partial charge in [-0.2, -0.15) is 5.10 Å². The van der Waals surface area contributed by atoms with E-state index < -0.39 is 9.41 Å². The molecule has 7 heteroatoms. The Hall–Kier alpha value is -0.940. The average molecular weight is 288 g/mol. The Kier molecular flexibility index (Phi) is 3.23. The van der Waals surface area contributed by atoms with Gasteiger partial charge in [0.25, 0.3) is 0 Å². The Morgan fingerprint density at radius 2 is 2.24 bits per heavy atom. The lowest BCUT2D eigenvalue weighted by Crippen LogP contribution is -1.91. The Labute approximate surface area is 109 Å². The molecule has 0 unspecified atom stereocenters. The predicted molar refractivity (Wildman–Crippen MR) is 75.4 cm³/mol. The van der Waals surface area contributed by atoms with Crippen LogP contribution in [0, 0.1) is 0 Å². The highest BCUT2D eigenvalue weighted by atomic mass is 35.5. The van der Waals surface area contributed by atoms with Gasteiger partial charge < -0.3 is 0 Å². The van der Waals surface area contributed by atoms with Gasteiger partial charge in [0.15, 0.2) is 11.1 Å². The summed E-state index contributed by atoms with van der Waals surface area (Å²) in [4.78, 5) is 11.4. The first-order chi connectivity index (χ1) is 7.94. The molecule has 1 heterocycles. The number of nitrogens with one attached hydrogen (secondary N) is 1. The molecule has 0 aliphatic rings. The molecule has 0 amide bonds. The molecule has 0 radical (unpaired) electrons. The standard InChI is InChI=1S/C10H10ClN3OS2/c1-17(2,5-15)14-10-6-3-4-7(16)8(11)9(6)12-13-10/h3-4,16H,1-2H3,(H,12,13). The number of H-pyrrole nitrogens is 1. The van der Waals surface area contributed by atoms with Crippen LogP contribution < -0.4 is 0 Å². The van der Waals surface area contributed by atoms with E-state index in [-0.39, 0.29) is 0 Å². The summed E-state index contributed by atoms with van der Waals surface area (Å²) in [5.74, 6) is 0.485. The minimum absolute atomic E-state index is 0.485. The summed E-state index contributed by atoms with van der Waals surface area (Å²) in [6, 6.07) is 3.60. The topological polar surface area (TPSA) is 58.1 Å². The molecule has 0 fully saturated rings. The normalized spacial score (nSPS) is 11.5. The molecule has 0 saturated heterocycles. The van der Waals surface area contributed by atoms with Gasteiger partial charge in [0.2, 0.25) is 0 Å². The third kappa shape index (κ3) is 2.35. The molecule has 17 heavy (non-hydrogen) atoms. The summed E-state index contributed by atoms with van der Waals surface area (Å²) in [7, 11) is -1.78. The zero-order valence-corrected chi connectivity index (χ0v) is 11.7. The maximum atomic E-state index is 10.8. The second-order valence-electron chi connectivity index (χ2n) is 3.82. The fourth-order valence-electron chi connectivity index (χ4n) is 1.33. The van der Waals surface area contributed by atoms with Crippen molar-refractivity contribution in [2.75, 3.05) is 12.5 Å². The van der Waals surface area contributed by atoms with Crippen LogP contribution in [0.4, 0.5) is 5.82 Å². The number of hydrogen-bond acceptors (Lipinski definition) is 4. The summed E-state index contributed by atoms with van der Waals surface area (Å²) in [6.45, 7) is 0. The van der Waals surface area contributed by atoms with Crippen molar-refractivity contribution in [1.29, 1.82) is 0 Å². The van der Waals surface area contributed by atoms with E-state index in [0.29, 0.717) is 21.3 Å². The van der Waals surface area contributed by atoms with Crippen molar-refractivity contribution in [1.82, 2.24) is 10.2 Å². The Morgan fingerprint density at radius 1 is 1.53 bits per heavy atom. The Bertz CT molecular complexity index is 729. The molecule has 0 spiro atoms. The highest BCUT2D eigenvalue weighted by Gasteiger charge is 2.10. The van der Waals surface area contributed by atoms with E-state index in [4.69, 9.17) is 11.6 Å². The van der Waals surface area contributed by atoms with Gasteiger partial charge in [-0.1, -0.05) is 21.0 Å². The fourth-order valence-corrected chi connectivity index (χ4v) is 2.34. The summed E-state index contributed by atoms with van der Waals surface area (Å²) >= 11 is 10.3. The number of aromatic nitrogens is 2. The van der Waals surface area contributed by atoms with Crippen molar-refractivity contribution in [3.63, 3.8) is 0 Å². The van der Waals surface area contributed by atoms with E-state index in [1.165, 1.54) is 0 Å². The molecule has 0 bridgehead atoms. The zero-order chi connectivity index (χ0) is 12.6. The van der Waals surface area contributed by atoms with Crippen molar-refractivity contribution in [3.8, 4) is 0 Å². The molecular weight excluding hydrogens is 278 g/mol. The molecule has 0 saturated carbocycles. The number of benzene rings is 1. The van der Waals surface area contributed by atoms with Crippen molar-refractivity contribution in [2.24, 2.45) is 4.36 Å². The molecule has 1 N–H and O–H groups in total. The van der Waals surface area contributed by atoms with Gasteiger partial charge >= 0.3 is 0 Å². The lowest BCUT2D eigenvalue weighted by atomic mass is 10.2. The first-order valence-corrected chi connectivity index (χ1v) is 7.88. The molecule has 90 valence electrons. The number of thiol groups is 1. The first kappa shape index (κ1) is 12.5. The predicted octanol–water partition coefficient (Wildman–Crippen LogP) is 2.80. The SMILES string of the molecule is CS(C)(=C=O)=Nc1n[nH]c2c(Cl)c(S)ccc12. The van der Waals surface area contributed by atoms with Crippen LogP contribution in [0.3, 0.4) is 0 Å². The lowest BCUT2D eigenvalue weighted by molar-refractivity contribution is 0.571. The summed E-state index contributed by atoms with van der Waals surface area (Å²) < 4.78 is 4.30. The van der Waals surface area contributed by atoms with Crippen molar-refractivity contribution in [2.45, 2.75) is 4.90 Å². The minimum atomic E-state index is -1.78. The van der Waals surface area contributed by atoms with Gasteiger partial charge in [0, 0.05) is 10.3 Å². The van der Waals surface area contributed by atoms with Crippen LogP contribution in [-0.2, 0) is 14.2 Å². The van der Waals surface area contributed by atoms with Crippen molar-refractivity contribution < 1.29 is 4.79 Å². The number of rotatable bonds is 1. The summed E-state index contributed by atoms with van der Waals surface area (Å²) in [5, 5.41) is 10.1. The number of carbonyl (C=O) groups excluding carboxylic acids is 1. The van der Waals surface area contributed by atoms with Crippen LogP contribution in [-0.4, -0.2) is 27.9 Å². The van der Waals surface area contributed by atoms with E-state index in [1.807, 2.05) is 11.3 Å². The van der Waals surface area contributed by atoms with Gasteiger partial charge in [-0.05, 0) is 24.6 Å². The molecule has 2 rings (SSSR count). The number of halogens is 1. The third-order valence-electron chi connectivity index (χ3n) is 2.15. The number of fused-ring (bicyclic) bond motifs is 1. The van der Waals surface area contributed by atoms with Gasteiger partial charge in [0.1, 0.15) is 0 Å². The molecule has 0 aliphatic carbocycles. The van der Waals surface area contributed by atoms with Crippen LogP contribution in [0.2, 0.25) is 5.02 Å². The quantitative estimate of drug-likeness (QED) is 0.626. The minimum Gasteiger partial charge on any atom is -0.274 e. The van der Waals surface area contributed by atoms with Gasteiger partial charge in [-0.15, -0.1) is 12.6 Å². The molecule has 2 aromatic rings. The second kappa shape index (κ2) is 4.38. The summed E-state index contributed by atoms with van der Waals surface area (Å²) in [5.41, 5.74) is 0.680. The van der Waals surface area contributed by atoms with Crippen LogP contribution in [0.15, 0.2) is 21.4 Å². The van der Waals surface area contributed by atoms with Gasteiger partial charge in [-0.25, -0.2) is 9.16 Å². The first-order valence-electron chi connectivity index (χ1n) is 4.65. The van der Waals surface area contributed by atoms with E-state index in [1.54, 1.807) is 18.6 Å².